The molecule has 1 aliphatic heterocycles. The summed E-state index contributed by atoms with van der Waals surface area (Å²) in [6, 6.07) is -1.52. The fraction of sp³-hybridized carbons (Fsp3) is 0.692. The zero-order valence-electron chi connectivity index (χ0n) is 12.7. The Morgan fingerprint density at radius 3 is 2.59 bits per heavy atom. The Morgan fingerprint density at radius 1 is 1.50 bits per heavy atom. The first-order valence-corrected chi connectivity index (χ1v) is 6.66. The van der Waals surface area contributed by atoms with Crippen LogP contribution in [0.1, 0.15) is 6.92 Å². The molecule has 1 amide bonds. The smallest absolute Gasteiger partial charge is 0.373 e. The van der Waals surface area contributed by atoms with E-state index in [1.807, 2.05) is 0 Å². The molecule has 9 nitrogen and oxygen atoms in total. The van der Waals surface area contributed by atoms with Gasteiger partial charge in [-0.3, -0.25) is 4.79 Å². The summed E-state index contributed by atoms with van der Waals surface area (Å²) >= 11 is 0. The van der Waals surface area contributed by atoms with Gasteiger partial charge in [0.15, 0.2) is 0 Å². The number of hydrogen-bond donors (Lipinski definition) is 4. The number of carbonyl (C=O) groups excluding carboxylic acids is 2. The minimum Gasteiger partial charge on any atom is -0.478 e. The third kappa shape index (κ3) is 4.17. The molecular formula is C13H22N2O7. The molecule has 1 rings (SSSR count). The maximum Gasteiger partial charge on any atom is 0.373 e. The first-order valence-electron chi connectivity index (χ1n) is 6.66. The van der Waals surface area contributed by atoms with Crippen LogP contribution in [-0.2, 0) is 23.8 Å². The average molecular weight is 318 g/mol. The minimum absolute atomic E-state index is 0.145. The highest BCUT2D eigenvalue weighted by Gasteiger charge is 2.43. The summed E-state index contributed by atoms with van der Waals surface area (Å²) < 4.78 is 15.2. The van der Waals surface area contributed by atoms with Crippen molar-refractivity contribution in [3.63, 3.8) is 0 Å². The zero-order chi connectivity index (χ0) is 16.9. The highest BCUT2D eigenvalue weighted by molar-refractivity contribution is 5.86. The lowest BCUT2D eigenvalue weighted by atomic mass is 9.92. The topological polar surface area (TPSA) is 140 Å². The number of nitrogens with two attached hydrogens (primary N) is 1. The Balaban J connectivity index is 3.13. The molecule has 0 spiro atoms. The molecule has 0 bridgehead atoms. The Hall–Kier alpha value is -1.68. The number of amides is 1. The molecule has 0 aromatic heterocycles. The van der Waals surface area contributed by atoms with Crippen molar-refractivity contribution in [1.82, 2.24) is 5.32 Å². The van der Waals surface area contributed by atoms with E-state index in [0.29, 0.717) is 0 Å². The molecule has 0 aliphatic carbocycles. The summed E-state index contributed by atoms with van der Waals surface area (Å²) in [4.78, 5) is 23.0. The van der Waals surface area contributed by atoms with Crippen molar-refractivity contribution in [1.29, 1.82) is 0 Å². The van der Waals surface area contributed by atoms with Crippen molar-refractivity contribution >= 4 is 11.9 Å². The van der Waals surface area contributed by atoms with Gasteiger partial charge in [0.2, 0.25) is 11.7 Å². The average Bonchev–Trinajstić information content (AvgIpc) is 2.49. The molecule has 0 saturated carbocycles. The molecule has 0 aromatic rings. The molecule has 1 heterocycles. The minimum atomic E-state index is -1.28. The van der Waals surface area contributed by atoms with Gasteiger partial charge in [0.25, 0.3) is 0 Å². The SMILES string of the molecule is COC(=O)C1=C[C@H](N)[C@@H](NC(C)=O)[C@H]([C@H](OC)[C@H](O)CO)O1. The van der Waals surface area contributed by atoms with Gasteiger partial charge in [-0.2, -0.15) is 0 Å². The Morgan fingerprint density at radius 2 is 2.14 bits per heavy atom. The lowest BCUT2D eigenvalue weighted by Gasteiger charge is -2.40. The Bertz CT molecular complexity index is 440. The van der Waals surface area contributed by atoms with Gasteiger partial charge in [0, 0.05) is 14.0 Å². The van der Waals surface area contributed by atoms with Gasteiger partial charge in [0.05, 0.1) is 25.8 Å². The van der Waals surface area contributed by atoms with Crippen molar-refractivity contribution < 1.29 is 34.0 Å². The molecule has 22 heavy (non-hydrogen) atoms. The van der Waals surface area contributed by atoms with E-state index in [9.17, 15) is 14.7 Å². The van der Waals surface area contributed by atoms with Gasteiger partial charge < -0.3 is 35.5 Å². The third-order valence-electron chi connectivity index (χ3n) is 3.29. The van der Waals surface area contributed by atoms with Gasteiger partial charge in [0.1, 0.15) is 18.3 Å². The van der Waals surface area contributed by atoms with E-state index in [2.05, 4.69) is 10.1 Å². The maximum atomic E-state index is 11.6. The van der Waals surface area contributed by atoms with E-state index in [0.717, 1.165) is 0 Å². The monoisotopic (exact) mass is 318 g/mol. The predicted octanol–water partition coefficient (Wildman–Crippen LogP) is -2.36. The number of carbonyl (C=O) groups is 2. The molecule has 5 atom stereocenters. The van der Waals surface area contributed by atoms with Crippen molar-refractivity contribution in [3.8, 4) is 0 Å². The maximum absolute atomic E-state index is 11.6. The molecule has 0 saturated heterocycles. The second-order valence-electron chi connectivity index (χ2n) is 4.86. The Kier molecular flexibility index (Phi) is 6.75. The third-order valence-corrected chi connectivity index (χ3v) is 3.29. The van der Waals surface area contributed by atoms with Crippen LogP contribution in [0.25, 0.3) is 0 Å². The largest absolute Gasteiger partial charge is 0.478 e. The number of ether oxygens (including phenoxy) is 3. The summed E-state index contributed by atoms with van der Waals surface area (Å²) in [5.41, 5.74) is 5.96. The number of nitrogens with one attached hydrogen (secondary N) is 1. The van der Waals surface area contributed by atoms with Crippen molar-refractivity contribution in [2.75, 3.05) is 20.8 Å². The summed E-state index contributed by atoms with van der Waals surface area (Å²) in [7, 11) is 2.49. The van der Waals surface area contributed by atoms with Gasteiger partial charge in [-0.1, -0.05) is 0 Å². The van der Waals surface area contributed by atoms with E-state index >= 15 is 0 Å². The van der Waals surface area contributed by atoms with Gasteiger partial charge >= 0.3 is 5.97 Å². The molecule has 9 heteroatoms. The highest BCUT2D eigenvalue weighted by atomic mass is 16.6. The number of aliphatic hydroxyl groups is 2. The molecule has 0 fully saturated rings. The van der Waals surface area contributed by atoms with Crippen LogP contribution in [0.4, 0.5) is 0 Å². The quantitative estimate of drug-likeness (QED) is 0.399. The molecule has 0 unspecified atom stereocenters. The number of aliphatic hydroxyl groups excluding tert-OH is 2. The standard InChI is InChI=1S/C13H22N2O7/c1-6(17)15-10-7(14)4-9(13(19)21-3)22-12(10)11(20-2)8(18)5-16/h4,7-8,10-12,16,18H,5,14H2,1-3H3,(H,15,17)/t7-,8+,10+,11+,12+/m0/s1. The normalized spacial score (nSPS) is 27.2. The fourth-order valence-electron chi connectivity index (χ4n) is 2.27. The predicted molar refractivity (Wildman–Crippen MR) is 74.4 cm³/mol. The number of methoxy groups -OCH3 is 2. The van der Waals surface area contributed by atoms with Gasteiger partial charge in [-0.05, 0) is 6.08 Å². The van der Waals surface area contributed by atoms with Crippen LogP contribution < -0.4 is 11.1 Å². The van der Waals surface area contributed by atoms with Gasteiger partial charge in [-0.15, -0.1) is 0 Å². The van der Waals surface area contributed by atoms with Crippen LogP contribution in [0.2, 0.25) is 0 Å². The lowest BCUT2D eigenvalue weighted by molar-refractivity contribution is -0.151. The first-order chi connectivity index (χ1) is 10.3. The number of rotatable bonds is 6. The molecule has 126 valence electrons. The summed E-state index contributed by atoms with van der Waals surface area (Å²) in [6.45, 7) is 0.714. The van der Waals surface area contributed by atoms with Crippen LogP contribution in [0.3, 0.4) is 0 Å². The van der Waals surface area contributed by atoms with E-state index in [-0.39, 0.29) is 11.7 Å². The summed E-state index contributed by atoms with van der Waals surface area (Å²) in [5, 5.41) is 21.6. The van der Waals surface area contributed by atoms with E-state index in [4.69, 9.17) is 20.3 Å². The summed E-state index contributed by atoms with van der Waals surface area (Å²) in [5.74, 6) is -1.25. The van der Waals surface area contributed by atoms with E-state index < -0.39 is 43.0 Å². The second kappa shape index (κ2) is 8.08. The van der Waals surface area contributed by atoms with Crippen molar-refractivity contribution in [3.05, 3.63) is 11.8 Å². The van der Waals surface area contributed by atoms with Crippen LogP contribution in [0, 0.1) is 0 Å². The van der Waals surface area contributed by atoms with Crippen LogP contribution in [0.15, 0.2) is 11.8 Å². The van der Waals surface area contributed by atoms with E-state index in [1.54, 1.807) is 0 Å². The van der Waals surface area contributed by atoms with Gasteiger partial charge in [-0.25, -0.2) is 4.79 Å². The molecule has 5 N–H and O–H groups in total. The molecule has 0 aromatic carbocycles. The zero-order valence-corrected chi connectivity index (χ0v) is 12.7. The van der Waals surface area contributed by atoms with Crippen LogP contribution in [0.5, 0.6) is 0 Å². The van der Waals surface area contributed by atoms with Crippen molar-refractivity contribution in [2.45, 2.75) is 37.3 Å². The highest BCUT2D eigenvalue weighted by Crippen LogP contribution is 2.24. The fourth-order valence-corrected chi connectivity index (χ4v) is 2.27. The second-order valence-corrected chi connectivity index (χ2v) is 4.86. The molecule has 0 radical (unpaired) electrons. The lowest BCUT2D eigenvalue weighted by Crippen LogP contribution is -2.62. The summed E-state index contributed by atoms with van der Waals surface area (Å²) in [6.07, 6.45) is -1.96. The Labute approximate surface area is 128 Å². The first kappa shape index (κ1) is 18.4. The number of esters is 1. The van der Waals surface area contributed by atoms with Crippen LogP contribution in [-0.4, -0.2) is 73.3 Å². The van der Waals surface area contributed by atoms with Crippen LogP contribution >= 0.6 is 0 Å². The number of hydrogen-bond acceptors (Lipinski definition) is 8. The van der Waals surface area contributed by atoms with Crippen molar-refractivity contribution in [2.24, 2.45) is 5.73 Å². The van der Waals surface area contributed by atoms with E-state index in [1.165, 1.54) is 27.2 Å². The molecule has 1 aliphatic rings. The molecular weight excluding hydrogens is 296 g/mol.